The monoisotopic (exact) mass is 191 g/mol. The molecule has 72 valence electrons. The van der Waals surface area contributed by atoms with Gasteiger partial charge in [0.25, 0.3) is 0 Å². The van der Waals surface area contributed by atoms with E-state index in [0.717, 1.165) is 6.29 Å². The summed E-state index contributed by atoms with van der Waals surface area (Å²) in [6, 6.07) is 5.01. The number of carbonyl (C=O) groups excluding carboxylic acids is 1. The molecule has 0 radical (unpaired) electrons. The summed E-state index contributed by atoms with van der Waals surface area (Å²) in [5.41, 5.74) is 1.87. The summed E-state index contributed by atoms with van der Waals surface area (Å²) in [4.78, 5) is 10.5. The second-order valence-electron chi connectivity index (χ2n) is 3.03. The quantitative estimate of drug-likeness (QED) is 0.711. The van der Waals surface area contributed by atoms with Gasteiger partial charge in [0.2, 0.25) is 0 Å². The van der Waals surface area contributed by atoms with E-state index in [1.807, 2.05) is 0 Å². The average molecular weight is 191 g/mol. The maximum absolute atomic E-state index is 10.5. The van der Waals surface area contributed by atoms with Crippen molar-refractivity contribution in [3.63, 3.8) is 0 Å². The molecule has 1 atom stereocenters. The molecule has 0 bridgehead atoms. The zero-order valence-electron chi connectivity index (χ0n) is 7.58. The van der Waals surface area contributed by atoms with Gasteiger partial charge in [0, 0.05) is 5.56 Å². The number of rotatable bonds is 2. The molecule has 1 aromatic heterocycles. The van der Waals surface area contributed by atoms with Crippen molar-refractivity contribution in [3.8, 4) is 0 Å². The molecule has 0 saturated carbocycles. The molecule has 0 fully saturated rings. The molecule has 0 aliphatic carbocycles. The number of fused-ring (bicyclic) bond motifs is 1. The Morgan fingerprint density at radius 1 is 1.57 bits per heavy atom. The Labute approximate surface area is 80.0 Å². The molecule has 1 unspecified atom stereocenters. The predicted molar refractivity (Wildman–Crippen MR) is 49.8 cm³/mol. The summed E-state index contributed by atoms with van der Waals surface area (Å²) in [7, 11) is 0. The Morgan fingerprint density at radius 2 is 2.36 bits per heavy atom. The Bertz CT molecular complexity index is 476. The highest BCUT2D eigenvalue weighted by Gasteiger charge is 2.08. The lowest BCUT2D eigenvalue weighted by Crippen LogP contribution is -2.05. The maximum atomic E-state index is 10.5. The third-order valence-corrected chi connectivity index (χ3v) is 1.99. The normalized spacial score (nSPS) is 13.0. The number of aldehydes is 1. The van der Waals surface area contributed by atoms with Crippen LogP contribution in [0.3, 0.4) is 0 Å². The van der Waals surface area contributed by atoms with Gasteiger partial charge in [-0.15, -0.1) is 5.10 Å². The van der Waals surface area contributed by atoms with Crippen LogP contribution in [-0.2, 0) is 0 Å². The molecule has 0 aliphatic rings. The molecule has 1 N–H and O–H groups in total. The number of carbonyl (C=O) groups is 1. The van der Waals surface area contributed by atoms with Crippen LogP contribution in [0.4, 0.5) is 0 Å². The predicted octanol–water partition coefficient (Wildman–Crippen LogP) is 0.755. The summed E-state index contributed by atoms with van der Waals surface area (Å²) in [5.74, 6) is 0. The largest absolute Gasteiger partial charge is 0.372 e. The van der Waals surface area contributed by atoms with Gasteiger partial charge in [-0.3, -0.25) is 4.79 Å². The van der Waals surface area contributed by atoms with Gasteiger partial charge in [-0.25, -0.2) is 4.68 Å². The molecule has 5 nitrogen and oxygen atoms in total. The highest BCUT2D eigenvalue weighted by Crippen LogP contribution is 2.14. The Morgan fingerprint density at radius 3 is 3.00 bits per heavy atom. The Balaban J connectivity index is 2.65. The molecule has 1 aromatic carbocycles. The number of hydrogen-bond acceptors (Lipinski definition) is 4. The highest BCUT2D eigenvalue weighted by molar-refractivity contribution is 5.84. The SMILES string of the molecule is CC(O)n1nnc2cc(C=O)ccc21. The van der Waals surface area contributed by atoms with Crippen LogP contribution in [0.2, 0.25) is 0 Å². The summed E-state index contributed by atoms with van der Waals surface area (Å²) in [6.45, 7) is 1.60. The van der Waals surface area contributed by atoms with Gasteiger partial charge >= 0.3 is 0 Å². The van der Waals surface area contributed by atoms with Crippen molar-refractivity contribution >= 4 is 17.3 Å². The van der Waals surface area contributed by atoms with Gasteiger partial charge < -0.3 is 5.11 Å². The number of aliphatic hydroxyl groups excluding tert-OH is 1. The van der Waals surface area contributed by atoms with Crippen molar-refractivity contribution in [2.24, 2.45) is 0 Å². The van der Waals surface area contributed by atoms with Crippen LogP contribution < -0.4 is 0 Å². The second-order valence-corrected chi connectivity index (χ2v) is 3.03. The van der Waals surface area contributed by atoms with Gasteiger partial charge in [-0.2, -0.15) is 0 Å². The Hall–Kier alpha value is -1.75. The van der Waals surface area contributed by atoms with Gasteiger partial charge in [-0.1, -0.05) is 5.21 Å². The molecule has 0 aliphatic heterocycles. The molecule has 0 saturated heterocycles. The molecule has 0 spiro atoms. The van der Waals surface area contributed by atoms with Crippen LogP contribution in [0.1, 0.15) is 23.5 Å². The smallest absolute Gasteiger partial charge is 0.150 e. The lowest BCUT2D eigenvalue weighted by atomic mass is 10.2. The van der Waals surface area contributed by atoms with Crippen molar-refractivity contribution in [1.29, 1.82) is 0 Å². The van der Waals surface area contributed by atoms with Crippen molar-refractivity contribution in [2.75, 3.05) is 0 Å². The summed E-state index contributed by atoms with van der Waals surface area (Å²) in [6.07, 6.45) is 0.0305. The second kappa shape index (κ2) is 3.19. The fraction of sp³-hybridized carbons (Fsp3) is 0.222. The number of aromatic nitrogens is 3. The Kier molecular flexibility index (Phi) is 2.01. The fourth-order valence-corrected chi connectivity index (χ4v) is 1.31. The van der Waals surface area contributed by atoms with Crippen LogP contribution >= 0.6 is 0 Å². The first-order valence-electron chi connectivity index (χ1n) is 4.20. The highest BCUT2D eigenvalue weighted by atomic mass is 16.3. The van der Waals surface area contributed by atoms with Crippen LogP contribution in [0.15, 0.2) is 18.2 Å². The number of hydrogen-bond donors (Lipinski definition) is 1. The lowest BCUT2D eigenvalue weighted by Gasteiger charge is -2.03. The van der Waals surface area contributed by atoms with Crippen LogP contribution in [-0.4, -0.2) is 26.4 Å². The van der Waals surface area contributed by atoms with E-state index in [1.54, 1.807) is 25.1 Å². The van der Waals surface area contributed by atoms with E-state index in [2.05, 4.69) is 10.3 Å². The maximum Gasteiger partial charge on any atom is 0.150 e. The number of benzene rings is 1. The minimum atomic E-state index is -0.720. The first-order valence-corrected chi connectivity index (χ1v) is 4.20. The third kappa shape index (κ3) is 1.27. The molecule has 2 aromatic rings. The topological polar surface area (TPSA) is 68.0 Å². The van der Waals surface area contributed by atoms with E-state index in [4.69, 9.17) is 0 Å². The van der Waals surface area contributed by atoms with Crippen LogP contribution in [0.25, 0.3) is 11.0 Å². The summed E-state index contributed by atoms with van der Waals surface area (Å²) < 4.78 is 1.39. The van der Waals surface area contributed by atoms with E-state index in [0.29, 0.717) is 16.6 Å². The van der Waals surface area contributed by atoms with E-state index >= 15 is 0 Å². The molecule has 14 heavy (non-hydrogen) atoms. The molecule has 0 amide bonds. The average Bonchev–Trinajstić information content (AvgIpc) is 2.59. The van der Waals surface area contributed by atoms with Crippen LogP contribution in [0, 0.1) is 0 Å². The molecule has 5 heteroatoms. The molecular weight excluding hydrogens is 182 g/mol. The molecule has 1 heterocycles. The van der Waals surface area contributed by atoms with Gasteiger partial charge in [0.15, 0.2) is 0 Å². The van der Waals surface area contributed by atoms with Crippen LogP contribution in [0.5, 0.6) is 0 Å². The van der Waals surface area contributed by atoms with Crippen molar-refractivity contribution in [3.05, 3.63) is 23.8 Å². The van der Waals surface area contributed by atoms with E-state index in [9.17, 15) is 9.90 Å². The first kappa shape index (κ1) is 8.83. The van der Waals surface area contributed by atoms with E-state index in [1.165, 1.54) is 4.68 Å². The zero-order valence-corrected chi connectivity index (χ0v) is 7.58. The third-order valence-electron chi connectivity index (χ3n) is 1.99. The van der Waals surface area contributed by atoms with E-state index in [-0.39, 0.29) is 0 Å². The lowest BCUT2D eigenvalue weighted by molar-refractivity contribution is 0.112. The first-order chi connectivity index (χ1) is 6.72. The van der Waals surface area contributed by atoms with Gasteiger partial charge in [0.1, 0.15) is 18.0 Å². The molecule has 2 rings (SSSR count). The van der Waals surface area contributed by atoms with Gasteiger partial charge in [-0.05, 0) is 25.1 Å². The zero-order chi connectivity index (χ0) is 10.1. The minimum absolute atomic E-state index is 0.551. The van der Waals surface area contributed by atoms with Crippen molar-refractivity contribution < 1.29 is 9.90 Å². The van der Waals surface area contributed by atoms with E-state index < -0.39 is 6.23 Å². The standard InChI is InChI=1S/C9H9N3O2/c1-6(14)12-9-3-2-7(5-13)4-8(9)10-11-12/h2-6,14H,1H3. The summed E-state index contributed by atoms with van der Waals surface area (Å²) in [5, 5.41) is 16.9. The molecular formula is C9H9N3O2. The fourth-order valence-electron chi connectivity index (χ4n) is 1.31. The number of aliphatic hydroxyl groups is 1. The summed E-state index contributed by atoms with van der Waals surface area (Å²) >= 11 is 0. The van der Waals surface area contributed by atoms with Crippen molar-refractivity contribution in [2.45, 2.75) is 13.2 Å². The van der Waals surface area contributed by atoms with Gasteiger partial charge in [0.05, 0.1) is 5.52 Å². The minimum Gasteiger partial charge on any atom is -0.372 e. The number of nitrogens with zero attached hydrogens (tertiary/aromatic N) is 3. The van der Waals surface area contributed by atoms with Crippen molar-refractivity contribution in [1.82, 2.24) is 15.0 Å².